The van der Waals surface area contributed by atoms with Gasteiger partial charge in [-0.2, -0.15) is 0 Å². The van der Waals surface area contributed by atoms with Gasteiger partial charge in [0.15, 0.2) is 0 Å². The number of nitrogens with one attached hydrogen (secondary N) is 1. The molecule has 1 N–H and O–H groups in total. The van der Waals surface area contributed by atoms with E-state index in [-0.39, 0.29) is 0 Å². The molecule has 0 saturated heterocycles. The zero-order chi connectivity index (χ0) is 13.7. The van der Waals surface area contributed by atoms with Crippen LogP contribution in [0.3, 0.4) is 0 Å². The van der Waals surface area contributed by atoms with Crippen LogP contribution >= 0.6 is 0 Å². The van der Waals surface area contributed by atoms with Gasteiger partial charge in [-0.3, -0.25) is 0 Å². The van der Waals surface area contributed by atoms with Crippen molar-refractivity contribution < 1.29 is 9.47 Å². The fraction of sp³-hybridized carbons (Fsp3) is 0.625. The van der Waals surface area contributed by atoms with E-state index in [4.69, 9.17) is 9.47 Å². The van der Waals surface area contributed by atoms with Crippen LogP contribution in [0.2, 0.25) is 0 Å². The van der Waals surface area contributed by atoms with Crippen molar-refractivity contribution >= 4 is 0 Å². The minimum atomic E-state index is 0.355. The lowest BCUT2D eigenvalue weighted by atomic mass is 9.96. The predicted molar refractivity (Wildman–Crippen MR) is 77.5 cm³/mol. The Labute approximate surface area is 116 Å². The van der Waals surface area contributed by atoms with E-state index < -0.39 is 0 Å². The summed E-state index contributed by atoms with van der Waals surface area (Å²) in [5.41, 5.74) is 1.30. The fourth-order valence-electron chi connectivity index (χ4n) is 2.36. The summed E-state index contributed by atoms with van der Waals surface area (Å²) in [5, 5.41) is 3.39. The first kappa shape index (κ1) is 14.4. The normalized spacial score (nSPS) is 18.1. The molecule has 0 aliphatic heterocycles. The van der Waals surface area contributed by atoms with Crippen LogP contribution in [0.15, 0.2) is 24.3 Å². The van der Waals surface area contributed by atoms with E-state index in [2.05, 4.69) is 30.4 Å². The third kappa shape index (κ3) is 4.51. The van der Waals surface area contributed by atoms with Crippen molar-refractivity contribution in [2.45, 2.75) is 38.3 Å². The maximum absolute atomic E-state index is 5.86. The third-order valence-corrected chi connectivity index (χ3v) is 3.53. The molecule has 1 aromatic rings. The first-order chi connectivity index (χ1) is 9.22. The predicted octanol–water partition coefficient (Wildman–Crippen LogP) is 3.16. The number of hydrogen-bond acceptors (Lipinski definition) is 3. The second-order valence-electron chi connectivity index (χ2n) is 5.53. The van der Waals surface area contributed by atoms with Gasteiger partial charge in [0, 0.05) is 19.8 Å². The van der Waals surface area contributed by atoms with Crippen LogP contribution in [-0.2, 0) is 4.74 Å². The summed E-state index contributed by atoms with van der Waals surface area (Å²) in [6.07, 6.45) is 3.92. The van der Waals surface area contributed by atoms with Gasteiger partial charge >= 0.3 is 0 Å². The molecular weight excluding hydrogens is 238 g/mol. The molecule has 19 heavy (non-hydrogen) atoms. The van der Waals surface area contributed by atoms with Crippen LogP contribution in [0.1, 0.15) is 37.8 Å². The number of ether oxygens (including phenoxy) is 2. The summed E-state index contributed by atoms with van der Waals surface area (Å²) in [4.78, 5) is 0. The zero-order valence-electron chi connectivity index (χ0n) is 12.2. The molecule has 1 fully saturated rings. The molecule has 3 heteroatoms. The van der Waals surface area contributed by atoms with Gasteiger partial charge in [-0.25, -0.2) is 0 Å². The van der Waals surface area contributed by atoms with Crippen LogP contribution in [0.25, 0.3) is 0 Å². The second-order valence-corrected chi connectivity index (χ2v) is 5.53. The Balaban J connectivity index is 1.99. The van der Waals surface area contributed by atoms with E-state index in [1.165, 1.54) is 18.4 Å². The van der Waals surface area contributed by atoms with Crippen LogP contribution in [0.4, 0.5) is 0 Å². The summed E-state index contributed by atoms with van der Waals surface area (Å²) in [7, 11) is 3.77. The van der Waals surface area contributed by atoms with Gasteiger partial charge in [0.1, 0.15) is 5.75 Å². The van der Waals surface area contributed by atoms with Crippen molar-refractivity contribution in [1.82, 2.24) is 5.32 Å². The lowest BCUT2D eigenvalue weighted by molar-refractivity contribution is 0.150. The highest BCUT2D eigenvalue weighted by atomic mass is 16.5. The first-order valence-corrected chi connectivity index (χ1v) is 7.15. The highest BCUT2D eigenvalue weighted by Gasteiger charge is 2.23. The number of rotatable bonds is 8. The Bertz CT molecular complexity index is 390. The van der Waals surface area contributed by atoms with Gasteiger partial charge in [0.2, 0.25) is 0 Å². The highest BCUT2D eigenvalue weighted by Crippen LogP contribution is 2.29. The van der Waals surface area contributed by atoms with Gasteiger partial charge in [-0.1, -0.05) is 19.1 Å². The van der Waals surface area contributed by atoms with Gasteiger partial charge in [0.25, 0.3) is 0 Å². The first-order valence-electron chi connectivity index (χ1n) is 7.15. The topological polar surface area (TPSA) is 30.5 Å². The van der Waals surface area contributed by atoms with E-state index >= 15 is 0 Å². The van der Waals surface area contributed by atoms with E-state index in [1.54, 1.807) is 7.11 Å². The summed E-state index contributed by atoms with van der Waals surface area (Å²) in [6.45, 7) is 3.02. The molecular formula is C16H25NO2. The maximum atomic E-state index is 5.86. The maximum Gasteiger partial charge on any atom is 0.120 e. The number of methoxy groups -OCH3 is 1. The van der Waals surface area contributed by atoms with E-state index in [9.17, 15) is 0 Å². The van der Waals surface area contributed by atoms with Crippen LogP contribution in [0.5, 0.6) is 5.75 Å². The van der Waals surface area contributed by atoms with Gasteiger partial charge in [0.05, 0.1) is 6.10 Å². The molecule has 0 spiro atoms. The second kappa shape index (κ2) is 6.92. The molecule has 2 atom stereocenters. The van der Waals surface area contributed by atoms with Crippen molar-refractivity contribution in [2.24, 2.45) is 5.92 Å². The van der Waals surface area contributed by atoms with Crippen molar-refractivity contribution in [1.29, 1.82) is 0 Å². The molecule has 1 aromatic carbocycles. The quantitative estimate of drug-likeness (QED) is 0.781. The van der Waals surface area contributed by atoms with E-state index in [0.717, 1.165) is 18.8 Å². The van der Waals surface area contributed by atoms with Crippen molar-refractivity contribution in [3.63, 3.8) is 0 Å². The smallest absolute Gasteiger partial charge is 0.120 e. The minimum absolute atomic E-state index is 0.355. The summed E-state index contributed by atoms with van der Waals surface area (Å²) in [5.74, 6) is 1.54. The molecule has 106 valence electrons. The molecule has 3 nitrogen and oxygen atoms in total. The monoisotopic (exact) mass is 263 g/mol. The highest BCUT2D eigenvalue weighted by molar-refractivity contribution is 5.31. The molecule has 0 bridgehead atoms. The van der Waals surface area contributed by atoms with Crippen LogP contribution in [-0.4, -0.2) is 26.9 Å². The molecule has 1 saturated carbocycles. The Kier molecular flexibility index (Phi) is 5.23. The van der Waals surface area contributed by atoms with Crippen LogP contribution in [0, 0.1) is 5.92 Å². The lowest BCUT2D eigenvalue weighted by Gasteiger charge is -2.21. The van der Waals surface area contributed by atoms with Gasteiger partial charge in [-0.05, 0) is 49.9 Å². The summed E-state index contributed by atoms with van der Waals surface area (Å²) in [6, 6.07) is 8.82. The Morgan fingerprint density at radius 3 is 2.79 bits per heavy atom. The average Bonchev–Trinajstić information content (AvgIpc) is 3.20. The SMILES string of the molecule is CNC(CC(C)COC)c1cccc(OC2CC2)c1. The van der Waals surface area contributed by atoms with Crippen molar-refractivity contribution in [3.8, 4) is 5.75 Å². The Morgan fingerprint density at radius 2 is 2.16 bits per heavy atom. The largest absolute Gasteiger partial charge is 0.490 e. The van der Waals surface area contributed by atoms with Gasteiger partial charge < -0.3 is 14.8 Å². The molecule has 0 aromatic heterocycles. The van der Waals surface area contributed by atoms with E-state index in [0.29, 0.717) is 18.1 Å². The fourth-order valence-corrected chi connectivity index (χ4v) is 2.36. The minimum Gasteiger partial charge on any atom is -0.490 e. The third-order valence-electron chi connectivity index (χ3n) is 3.53. The molecule has 0 heterocycles. The van der Waals surface area contributed by atoms with Gasteiger partial charge in [-0.15, -0.1) is 0 Å². The molecule has 0 radical (unpaired) electrons. The lowest BCUT2D eigenvalue weighted by Crippen LogP contribution is -2.20. The summed E-state index contributed by atoms with van der Waals surface area (Å²) >= 11 is 0. The zero-order valence-corrected chi connectivity index (χ0v) is 12.2. The summed E-state index contributed by atoms with van der Waals surface area (Å²) < 4.78 is 11.1. The molecule has 0 amide bonds. The molecule has 2 unspecified atom stereocenters. The van der Waals surface area contributed by atoms with Crippen LogP contribution < -0.4 is 10.1 Å². The average molecular weight is 263 g/mol. The Morgan fingerprint density at radius 1 is 1.37 bits per heavy atom. The molecule has 2 rings (SSSR count). The van der Waals surface area contributed by atoms with Crippen molar-refractivity contribution in [3.05, 3.63) is 29.8 Å². The molecule has 1 aliphatic rings. The van der Waals surface area contributed by atoms with Crippen molar-refractivity contribution in [2.75, 3.05) is 20.8 Å². The van der Waals surface area contributed by atoms with E-state index in [1.807, 2.05) is 13.1 Å². The number of hydrogen-bond donors (Lipinski definition) is 1. The standard InChI is InChI=1S/C16H25NO2/c1-12(11-18-3)9-16(17-2)13-5-4-6-15(10-13)19-14-7-8-14/h4-6,10,12,14,16-17H,7-9,11H2,1-3H3. The molecule has 1 aliphatic carbocycles. The Hall–Kier alpha value is -1.06. The number of benzene rings is 1.